The zero-order chi connectivity index (χ0) is 15.9. The van der Waals surface area contributed by atoms with Crippen LogP contribution in [0.4, 0.5) is 0 Å². The van der Waals surface area contributed by atoms with Gasteiger partial charge in [0, 0.05) is 59.5 Å². The number of hydrogen-bond donors (Lipinski definition) is 1. The summed E-state index contributed by atoms with van der Waals surface area (Å²) in [7, 11) is 8.32. The molecule has 1 unspecified atom stereocenters. The maximum atomic E-state index is 5.71. The van der Waals surface area contributed by atoms with Gasteiger partial charge in [-0.2, -0.15) is 0 Å². The summed E-state index contributed by atoms with van der Waals surface area (Å²) in [4.78, 5) is 11.4. The van der Waals surface area contributed by atoms with Crippen molar-refractivity contribution in [1.29, 1.82) is 0 Å². The second-order valence-electron chi connectivity index (χ2n) is 6.76. The van der Waals surface area contributed by atoms with Gasteiger partial charge >= 0.3 is 0 Å². The first-order chi connectivity index (χ1) is 10.6. The fourth-order valence-corrected chi connectivity index (χ4v) is 2.76. The summed E-state index contributed by atoms with van der Waals surface area (Å²) in [6, 6.07) is 0.537. The molecule has 1 saturated carbocycles. The molecule has 2 fully saturated rings. The maximum Gasteiger partial charge on any atom is 0.193 e. The first kappa shape index (κ1) is 20.9. The molecule has 0 aromatic heterocycles. The van der Waals surface area contributed by atoms with Gasteiger partial charge in [-0.25, -0.2) is 0 Å². The van der Waals surface area contributed by atoms with Crippen molar-refractivity contribution in [1.82, 2.24) is 20.0 Å². The molecule has 0 amide bonds. The van der Waals surface area contributed by atoms with E-state index in [2.05, 4.69) is 46.2 Å². The topological polar surface area (TPSA) is 43.3 Å². The molecule has 23 heavy (non-hydrogen) atoms. The normalized spacial score (nSPS) is 23.5. The van der Waals surface area contributed by atoms with Crippen molar-refractivity contribution in [3.8, 4) is 0 Å². The summed E-state index contributed by atoms with van der Waals surface area (Å²) in [5.41, 5.74) is 0. The van der Waals surface area contributed by atoms with E-state index in [9.17, 15) is 0 Å². The monoisotopic (exact) mass is 439 g/mol. The molecule has 0 bridgehead atoms. The van der Waals surface area contributed by atoms with Crippen LogP contribution in [0.5, 0.6) is 0 Å². The first-order valence-electron chi connectivity index (χ1n) is 8.48. The molecule has 136 valence electrons. The molecule has 0 spiro atoms. The number of hydrogen-bond acceptors (Lipinski definition) is 4. The lowest BCUT2D eigenvalue weighted by Gasteiger charge is -2.38. The maximum absolute atomic E-state index is 5.71. The average Bonchev–Trinajstić information content (AvgIpc) is 3.32. The van der Waals surface area contributed by atoms with E-state index in [-0.39, 0.29) is 24.0 Å². The van der Waals surface area contributed by atoms with Gasteiger partial charge in [-0.05, 0) is 32.9 Å². The van der Waals surface area contributed by atoms with Crippen LogP contribution >= 0.6 is 24.0 Å². The number of nitrogens with one attached hydrogen (secondary N) is 1. The lowest BCUT2D eigenvalue weighted by molar-refractivity contribution is 0.111. The molecule has 0 aromatic rings. The third-order valence-electron chi connectivity index (χ3n) is 4.67. The minimum Gasteiger partial charge on any atom is -0.379 e. The van der Waals surface area contributed by atoms with Crippen LogP contribution in [0.25, 0.3) is 0 Å². The highest BCUT2D eigenvalue weighted by Gasteiger charge is 2.23. The third kappa shape index (κ3) is 7.53. The predicted octanol–water partition coefficient (Wildman–Crippen LogP) is 0.784. The van der Waals surface area contributed by atoms with Gasteiger partial charge in [-0.15, -0.1) is 24.0 Å². The van der Waals surface area contributed by atoms with E-state index in [1.807, 2.05) is 7.05 Å². The number of likely N-dealkylation sites (N-methyl/N-ethyl adjacent to an activating group) is 3. The van der Waals surface area contributed by atoms with E-state index in [4.69, 9.17) is 4.74 Å². The van der Waals surface area contributed by atoms with E-state index in [0.717, 1.165) is 57.8 Å². The van der Waals surface area contributed by atoms with Gasteiger partial charge in [0.15, 0.2) is 5.96 Å². The fraction of sp³-hybridized carbons (Fsp3) is 0.938. The number of ether oxygens (including phenoxy) is 1. The summed E-state index contributed by atoms with van der Waals surface area (Å²) in [6.07, 6.45) is 2.70. The van der Waals surface area contributed by atoms with Crippen LogP contribution in [0.1, 0.15) is 12.8 Å². The van der Waals surface area contributed by atoms with Crippen molar-refractivity contribution >= 4 is 29.9 Å². The molecule has 2 rings (SSSR count). The fourth-order valence-electron chi connectivity index (χ4n) is 2.76. The van der Waals surface area contributed by atoms with Crippen molar-refractivity contribution in [2.75, 3.05) is 74.1 Å². The Labute approximate surface area is 158 Å². The molecular formula is C16H34IN5O. The Kier molecular flexibility index (Phi) is 9.72. The SMILES string of the molecule is CN=C(NCC1CN(C)CCN1C)N(C)CCOCC1CC1.I. The zero-order valence-electron chi connectivity index (χ0n) is 15.1. The molecule has 1 N–H and O–H groups in total. The van der Waals surface area contributed by atoms with Crippen molar-refractivity contribution in [3.63, 3.8) is 0 Å². The van der Waals surface area contributed by atoms with Gasteiger partial charge in [0.25, 0.3) is 0 Å². The highest BCUT2D eigenvalue weighted by molar-refractivity contribution is 14.0. The number of rotatable bonds is 7. The van der Waals surface area contributed by atoms with Crippen molar-refractivity contribution < 1.29 is 4.74 Å². The van der Waals surface area contributed by atoms with Crippen molar-refractivity contribution in [3.05, 3.63) is 0 Å². The second-order valence-corrected chi connectivity index (χ2v) is 6.76. The lowest BCUT2D eigenvalue weighted by atomic mass is 10.2. The first-order valence-corrected chi connectivity index (χ1v) is 8.48. The van der Waals surface area contributed by atoms with E-state index in [1.165, 1.54) is 12.8 Å². The van der Waals surface area contributed by atoms with Crippen LogP contribution in [0.15, 0.2) is 4.99 Å². The third-order valence-corrected chi connectivity index (χ3v) is 4.67. The van der Waals surface area contributed by atoms with Gasteiger partial charge in [0.1, 0.15) is 0 Å². The average molecular weight is 439 g/mol. The molecule has 1 atom stereocenters. The van der Waals surface area contributed by atoms with Gasteiger partial charge < -0.3 is 19.9 Å². The summed E-state index contributed by atoms with van der Waals surface area (Å²) in [6.45, 7) is 6.91. The Morgan fingerprint density at radius 2 is 2.04 bits per heavy atom. The van der Waals surface area contributed by atoms with E-state index >= 15 is 0 Å². The van der Waals surface area contributed by atoms with Gasteiger partial charge in [0.05, 0.1) is 6.61 Å². The lowest BCUT2D eigenvalue weighted by Crippen LogP contribution is -2.55. The van der Waals surface area contributed by atoms with Crippen LogP contribution in [0.3, 0.4) is 0 Å². The predicted molar refractivity (Wildman–Crippen MR) is 107 cm³/mol. The molecule has 2 aliphatic rings. The quantitative estimate of drug-likeness (QED) is 0.275. The van der Waals surface area contributed by atoms with E-state index < -0.39 is 0 Å². The molecule has 1 saturated heterocycles. The van der Waals surface area contributed by atoms with E-state index in [0.29, 0.717) is 6.04 Å². The van der Waals surface area contributed by atoms with Gasteiger partial charge in [-0.1, -0.05) is 0 Å². The summed E-state index contributed by atoms with van der Waals surface area (Å²) >= 11 is 0. The molecule has 7 heteroatoms. The largest absolute Gasteiger partial charge is 0.379 e. The van der Waals surface area contributed by atoms with Crippen LogP contribution in [-0.2, 0) is 4.74 Å². The summed E-state index contributed by atoms with van der Waals surface area (Å²) in [5, 5.41) is 3.50. The minimum absolute atomic E-state index is 0. The van der Waals surface area contributed by atoms with Gasteiger partial charge in [-0.3, -0.25) is 9.89 Å². The van der Waals surface area contributed by atoms with E-state index in [1.54, 1.807) is 0 Å². The molecule has 1 aliphatic carbocycles. The highest BCUT2D eigenvalue weighted by atomic mass is 127. The Morgan fingerprint density at radius 3 is 2.70 bits per heavy atom. The number of nitrogens with zero attached hydrogens (tertiary/aromatic N) is 4. The zero-order valence-corrected chi connectivity index (χ0v) is 17.5. The molecule has 0 aromatic carbocycles. The Balaban J connectivity index is 0.00000264. The molecule has 0 radical (unpaired) electrons. The number of aliphatic imine (C=N–C) groups is 1. The molecular weight excluding hydrogens is 405 g/mol. The summed E-state index contributed by atoms with van der Waals surface area (Å²) < 4.78 is 5.71. The standard InChI is InChI=1S/C16H33N5O.HI/c1-17-16(21(4)9-10-22-13-14-5-6-14)18-11-15-12-19(2)7-8-20(15)3;/h14-15H,5-13H2,1-4H3,(H,17,18);1H. The van der Waals surface area contributed by atoms with Crippen molar-refractivity contribution in [2.45, 2.75) is 18.9 Å². The van der Waals surface area contributed by atoms with Crippen LogP contribution < -0.4 is 5.32 Å². The van der Waals surface area contributed by atoms with Crippen molar-refractivity contribution in [2.24, 2.45) is 10.9 Å². The smallest absolute Gasteiger partial charge is 0.193 e. The second kappa shape index (κ2) is 10.7. The number of piperazine rings is 1. The number of guanidine groups is 1. The van der Waals surface area contributed by atoms with Crippen LogP contribution in [0.2, 0.25) is 0 Å². The van der Waals surface area contributed by atoms with Gasteiger partial charge in [0.2, 0.25) is 0 Å². The minimum atomic E-state index is 0. The highest BCUT2D eigenvalue weighted by Crippen LogP contribution is 2.28. The molecule has 6 nitrogen and oxygen atoms in total. The van der Waals surface area contributed by atoms with Crippen LogP contribution in [-0.4, -0.2) is 101 Å². The Hall–Kier alpha value is -0.120. The Morgan fingerprint density at radius 1 is 1.30 bits per heavy atom. The Bertz CT molecular complexity index is 364. The summed E-state index contributed by atoms with van der Waals surface area (Å²) in [5.74, 6) is 1.79. The molecule has 1 aliphatic heterocycles. The number of halogens is 1. The van der Waals surface area contributed by atoms with Crippen LogP contribution in [0, 0.1) is 5.92 Å². The molecule has 1 heterocycles.